The summed E-state index contributed by atoms with van der Waals surface area (Å²) in [5.74, 6) is 3.10. The first-order valence-corrected chi connectivity index (χ1v) is 8.16. The summed E-state index contributed by atoms with van der Waals surface area (Å²) in [6.45, 7) is 0. The molecule has 0 aliphatic rings. The van der Waals surface area contributed by atoms with Gasteiger partial charge in [-0.2, -0.15) is 5.10 Å². The molecule has 0 fully saturated rings. The number of hydrogen-bond acceptors (Lipinski definition) is 4. The molecule has 0 unspecified atom stereocenters. The van der Waals surface area contributed by atoms with Gasteiger partial charge in [0, 0.05) is 11.9 Å². The topological polar surface area (TPSA) is 41.9 Å². The average molecular weight is 338 g/mol. The van der Waals surface area contributed by atoms with Crippen molar-refractivity contribution in [3.8, 4) is 18.1 Å². The highest BCUT2D eigenvalue weighted by Gasteiger charge is 2.09. The molecule has 1 aromatic carbocycles. The Labute approximate surface area is 146 Å². The molecule has 122 valence electrons. The highest BCUT2D eigenvalue weighted by molar-refractivity contribution is 7.10. The molecule has 0 N–H and O–H groups in total. The van der Waals surface area contributed by atoms with Gasteiger partial charge in [-0.1, -0.05) is 18.2 Å². The van der Waals surface area contributed by atoms with Crippen LogP contribution in [0.1, 0.15) is 10.4 Å². The lowest BCUT2D eigenvalue weighted by atomic mass is 10.1. The number of hydrogen-bond donors (Lipinski definition) is 0. The molecule has 2 rings (SSSR count). The zero-order valence-corrected chi connectivity index (χ0v) is 14.4. The highest BCUT2D eigenvalue weighted by Crippen LogP contribution is 2.13. The fourth-order valence-corrected chi connectivity index (χ4v) is 2.53. The van der Waals surface area contributed by atoms with E-state index in [0.717, 1.165) is 16.2 Å². The second-order valence-electron chi connectivity index (χ2n) is 4.92. The molecular weight excluding hydrogens is 320 g/mol. The lowest BCUT2D eigenvalue weighted by Gasteiger charge is -2.11. The molecule has 2 aromatic rings. The molecule has 0 bridgehead atoms. The number of rotatable bonds is 6. The number of terminal acetylenes is 1. The number of ether oxygens (including phenoxy) is 1. The summed E-state index contributed by atoms with van der Waals surface area (Å²) in [4.78, 5) is 13.3. The molecule has 0 aliphatic carbocycles. The van der Waals surface area contributed by atoms with E-state index in [1.807, 2.05) is 47.9 Å². The SMILES string of the molecule is C#CC(/C=C/c1cccs1)=N\N(C)C(=O)Cc1ccc(OC)cc1. The Morgan fingerprint density at radius 1 is 1.38 bits per heavy atom. The van der Waals surface area contributed by atoms with Crippen molar-refractivity contribution in [2.45, 2.75) is 6.42 Å². The van der Waals surface area contributed by atoms with Crippen LogP contribution in [0.2, 0.25) is 0 Å². The maximum absolute atomic E-state index is 12.2. The van der Waals surface area contributed by atoms with Crippen LogP contribution in [-0.4, -0.2) is 30.8 Å². The number of allylic oxidation sites excluding steroid dienone is 1. The molecule has 1 amide bonds. The summed E-state index contributed by atoms with van der Waals surface area (Å²) < 4.78 is 5.10. The van der Waals surface area contributed by atoms with E-state index < -0.39 is 0 Å². The van der Waals surface area contributed by atoms with Gasteiger partial charge in [-0.05, 0) is 47.2 Å². The largest absolute Gasteiger partial charge is 0.497 e. The van der Waals surface area contributed by atoms with Crippen LogP contribution in [0.3, 0.4) is 0 Å². The Morgan fingerprint density at radius 2 is 2.12 bits per heavy atom. The zero-order valence-electron chi connectivity index (χ0n) is 13.6. The van der Waals surface area contributed by atoms with E-state index in [1.165, 1.54) is 5.01 Å². The molecule has 0 aliphatic heterocycles. The molecule has 0 radical (unpaired) electrons. The molecule has 0 saturated heterocycles. The van der Waals surface area contributed by atoms with E-state index in [9.17, 15) is 4.79 Å². The first kappa shape index (κ1) is 17.5. The minimum atomic E-state index is -0.141. The number of methoxy groups -OCH3 is 1. The molecular formula is C19H18N2O2S. The van der Waals surface area contributed by atoms with Gasteiger partial charge in [-0.25, -0.2) is 5.01 Å². The molecule has 1 aromatic heterocycles. The van der Waals surface area contributed by atoms with Crippen molar-refractivity contribution in [3.05, 3.63) is 58.3 Å². The molecule has 1 heterocycles. The van der Waals surface area contributed by atoms with Gasteiger partial charge in [-0.3, -0.25) is 4.79 Å². The number of likely N-dealkylation sites (N-methyl/N-ethyl adjacent to an activating group) is 1. The van der Waals surface area contributed by atoms with Gasteiger partial charge < -0.3 is 4.74 Å². The Balaban J connectivity index is 2.01. The molecule has 24 heavy (non-hydrogen) atoms. The molecule has 0 atom stereocenters. The third-order valence-electron chi connectivity index (χ3n) is 3.23. The lowest BCUT2D eigenvalue weighted by molar-refractivity contribution is -0.129. The Kier molecular flexibility index (Phi) is 6.35. The summed E-state index contributed by atoms with van der Waals surface area (Å²) in [7, 11) is 3.20. The standard InChI is InChI=1S/C19H18N2O2S/c1-4-16(9-12-18-6-5-13-24-18)20-21(2)19(22)14-15-7-10-17(23-3)11-8-15/h1,5-13H,14H2,2-3H3/b12-9+,20-16+. The number of carbonyl (C=O) groups excluding carboxylic acids is 1. The van der Waals surface area contributed by atoms with Gasteiger partial charge in [0.25, 0.3) is 0 Å². The van der Waals surface area contributed by atoms with E-state index in [4.69, 9.17) is 11.2 Å². The highest BCUT2D eigenvalue weighted by atomic mass is 32.1. The van der Waals surface area contributed by atoms with Crippen LogP contribution in [0.25, 0.3) is 6.08 Å². The van der Waals surface area contributed by atoms with E-state index >= 15 is 0 Å². The number of hydrazone groups is 1. The Hall–Kier alpha value is -2.84. The predicted molar refractivity (Wildman–Crippen MR) is 99.1 cm³/mol. The van der Waals surface area contributed by atoms with Crippen molar-refractivity contribution < 1.29 is 9.53 Å². The van der Waals surface area contributed by atoms with Crippen LogP contribution in [-0.2, 0) is 11.2 Å². The molecule has 4 nitrogen and oxygen atoms in total. The van der Waals surface area contributed by atoms with Crippen molar-refractivity contribution >= 4 is 29.0 Å². The third kappa shape index (κ3) is 5.11. The van der Waals surface area contributed by atoms with Crippen molar-refractivity contribution in [2.75, 3.05) is 14.2 Å². The van der Waals surface area contributed by atoms with E-state index in [0.29, 0.717) is 5.71 Å². The van der Waals surface area contributed by atoms with Gasteiger partial charge in [-0.15, -0.1) is 17.8 Å². The van der Waals surface area contributed by atoms with Gasteiger partial charge in [0.05, 0.1) is 13.5 Å². The quantitative estimate of drug-likeness (QED) is 0.460. The number of carbonyl (C=O) groups is 1. The van der Waals surface area contributed by atoms with E-state index in [-0.39, 0.29) is 12.3 Å². The minimum absolute atomic E-state index is 0.141. The van der Waals surface area contributed by atoms with Crippen LogP contribution < -0.4 is 4.74 Å². The summed E-state index contributed by atoms with van der Waals surface area (Å²) in [5.41, 5.74) is 1.29. The summed E-state index contributed by atoms with van der Waals surface area (Å²) in [6, 6.07) is 11.3. The number of benzene rings is 1. The van der Waals surface area contributed by atoms with Crippen molar-refractivity contribution in [2.24, 2.45) is 5.10 Å². The summed E-state index contributed by atoms with van der Waals surface area (Å²) in [5, 5.41) is 7.44. The fraction of sp³-hybridized carbons (Fsp3) is 0.158. The van der Waals surface area contributed by atoms with Crippen molar-refractivity contribution in [1.82, 2.24) is 5.01 Å². The van der Waals surface area contributed by atoms with Crippen LogP contribution in [0.15, 0.2) is 53.0 Å². The van der Waals surface area contributed by atoms with Crippen molar-refractivity contribution in [1.29, 1.82) is 0 Å². The summed E-state index contributed by atoms with van der Waals surface area (Å²) in [6.07, 6.45) is 9.32. The van der Waals surface area contributed by atoms with Crippen LogP contribution in [0.5, 0.6) is 5.75 Å². The van der Waals surface area contributed by atoms with Gasteiger partial charge >= 0.3 is 0 Å². The Morgan fingerprint density at radius 3 is 2.71 bits per heavy atom. The monoisotopic (exact) mass is 338 g/mol. The van der Waals surface area contributed by atoms with Gasteiger partial charge in [0.2, 0.25) is 5.91 Å². The maximum Gasteiger partial charge on any atom is 0.246 e. The van der Waals surface area contributed by atoms with Crippen LogP contribution >= 0.6 is 11.3 Å². The average Bonchev–Trinajstić information content (AvgIpc) is 3.12. The van der Waals surface area contributed by atoms with E-state index in [2.05, 4.69) is 11.0 Å². The second kappa shape index (κ2) is 8.70. The number of thiophene rings is 1. The fourth-order valence-electron chi connectivity index (χ4n) is 1.91. The third-order valence-corrected chi connectivity index (χ3v) is 4.07. The smallest absolute Gasteiger partial charge is 0.246 e. The maximum atomic E-state index is 12.2. The number of amides is 1. The van der Waals surface area contributed by atoms with Crippen LogP contribution in [0, 0.1) is 12.3 Å². The second-order valence-corrected chi connectivity index (χ2v) is 5.90. The van der Waals surface area contributed by atoms with Crippen LogP contribution in [0.4, 0.5) is 0 Å². The predicted octanol–water partition coefficient (Wildman–Crippen LogP) is 3.46. The molecule has 5 heteroatoms. The Bertz CT molecular complexity index is 769. The number of nitrogens with zero attached hydrogens (tertiary/aromatic N) is 2. The first-order valence-electron chi connectivity index (χ1n) is 7.28. The van der Waals surface area contributed by atoms with Gasteiger partial charge in [0.1, 0.15) is 11.5 Å². The van der Waals surface area contributed by atoms with Crippen molar-refractivity contribution in [3.63, 3.8) is 0 Å². The summed E-state index contributed by atoms with van der Waals surface area (Å²) >= 11 is 1.60. The molecule has 0 saturated carbocycles. The zero-order chi connectivity index (χ0) is 17.4. The minimum Gasteiger partial charge on any atom is -0.497 e. The van der Waals surface area contributed by atoms with Gasteiger partial charge in [0.15, 0.2) is 0 Å². The normalized spacial score (nSPS) is 11.3. The first-order chi connectivity index (χ1) is 11.6. The lowest BCUT2D eigenvalue weighted by Crippen LogP contribution is -2.24. The molecule has 0 spiro atoms. The van der Waals surface area contributed by atoms with E-state index in [1.54, 1.807) is 31.6 Å².